The fourth-order valence-electron chi connectivity index (χ4n) is 1.03. The summed E-state index contributed by atoms with van der Waals surface area (Å²) in [7, 11) is 0. The second kappa shape index (κ2) is 4.14. The van der Waals surface area contributed by atoms with Crippen LogP contribution in [0.5, 0.6) is 0 Å². The van der Waals surface area contributed by atoms with Gasteiger partial charge >= 0.3 is 0 Å². The minimum Gasteiger partial charge on any atom is -0.319 e. The Morgan fingerprint density at radius 2 is 2.23 bits per heavy atom. The molecule has 0 spiro atoms. The van der Waals surface area contributed by atoms with E-state index in [2.05, 4.69) is 4.98 Å². The number of hydrogen-bond donors (Lipinski definition) is 1. The Morgan fingerprint density at radius 1 is 1.54 bits per heavy atom. The molecule has 0 saturated heterocycles. The van der Waals surface area contributed by atoms with Gasteiger partial charge in [-0.25, -0.2) is 4.39 Å². The third-order valence-electron chi connectivity index (χ3n) is 1.60. The van der Waals surface area contributed by atoms with Crippen LogP contribution in [0.15, 0.2) is 30.0 Å². The van der Waals surface area contributed by atoms with E-state index in [-0.39, 0.29) is 11.9 Å². The Kier molecular flexibility index (Phi) is 3.14. The SMILES string of the molecule is CC(C)=CC(N)c1ccc(F)cn1. The molecule has 0 bridgehead atoms. The van der Waals surface area contributed by atoms with Crippen molar-refractivity contribution in [1.29, 1.82) is 0 Å². The average Bonchev–Trinajstić information content (AvgIpc) is 2.04. The van der Waals surface area contributed by atoms with Crippen molar-refractivity contribution in [2.24, 2.45) is 5.73 Å². The van der Waals surface area contributed by atoms with Crippen molar-refractivity contribution < 1.29 is 4.39 Å². The van der Waals surface area contributed by atoms with Crippen molar-refractivity contribution in [3.05, 3.63) is 41.5 Å². The molecular weight excluding hydrogens is 167 g/mol. The van der Waals surface area contributed by atoms with Gasteiger partial charge in [-0.2, -0.15) is 0 Å². The van der Waals surface area contributed by atoms with Crippen LogP contribution in [0.25, 0.3) is 0 Å². The Hall–Kier alpha value is -1.22. The lowest BCUT2D eigenvalue weighted by molar-refractivity contribution is 0.617. The fourth-order valence-corrected chi connectivity index (χ4v) is 1.03. The predicted octanol–water partition coefficient (Wildman–Crippen LogP) is 2.19. The Labute approximate surface area is 77.3 Å². The maximum Gasteiger partial charge on any atom is 0.141 e. The van der Waals surface area contributed by atoms with Crippen LogP contribution in [-0.2, 0) is 0 Å². The van der Waals surface area contributed by atoms with Gasteiger partial charge in [0.25, 0.3) is 0 Å². The molecule has 0 amide bonds. The van der Waals surface area contributed by atoms with E-state index in [1.54, 1.807) is 6.07 Å². The molecule has 0 aromatic carbocycles. The summed E-state index contributed by atoms with van der Waals surface area (Å²) in [6, 6.07) is 2.71. The van der Waals surface area contributed by atoms with Crippen molar-refractivity contribution in [3.8, 4) is 0 Å². The molecule has 0 aliphatic rings. The molecule has 1 aromatic heterocycles. The lowest BCUT2D eigenvalue weighted by Gasteiger charge is -2.05. The lowest BCUT2D eigenvalue weighted by Crippen LogP contribution is -2.09. The fraction of sp³-hybridized carbons (Fsp3) is 0.300. The van der Waals surface area contributed by atoms with Crippen molar-refractivity contribution in [2.75, 3.05) is 0 Å². The topological polar surface area (TPSA) is 38.9 Å². The zero-order chi connectivity index (χ0) is 9.84. The average molecular weight is 180 g/mol. The smallest absolute Gasteiger partial charge is 0.141 e. The second-order valence-corrected chi connectivity index (χ2v) is 3.17. The summed E-state index contributed by atoms with van der Waals surface area (Å²) in [6.45, 7) is 3.92. The van der Waals surface area contributed by atoms with Gasteiger partial charge in [-0.05, 0) is 26.0 Å². The van der Waals surface area contributed by atoms with Gasteiger partial charge in [-0.15, -0.1) is 0 Å². The van der Waals surface area contributed by atoms with Crippen molar-refractivity contribution >= 4 is 0 Å². The quantitative estimate of drug-likeness (QED) is 0.708. The second-order valence-electron chi connectivity index (χ2n) is 3.17. The van der Waals surface area contributed by atoms with Gasteiger partial charge < -0.3 is 5.73 Å². The van der Waals surface area contributed by atoms with Gasteiger partial charge in [-0.3, -0.25) is 4.98 Å². The molecule has 1 unspecified atom stereocenters. The molecule has 1 rings (SSSR count). The molecule has 3 heteroatoms. The monoisotopic (exact) mass is 180 g/mol. The molecule has 70 valence electrons. The summed E-state index contributed by atoms with van der Waals surface area (Å²) in [5.74, 6) is -0.340. The summed E-state index contributed by atoms with van der Waals surface area (Å²) in [5, 5.41) is 0. The van der Waals surface area contributed by atoms with E-state index in [1.807, 2.05) is 19.9 Å². The maximum absolute atomic E-state index is 12.5. The number of pyridine rings is 1. The van der Waals surface area contributed by atoms with E-state index < -0.39 is 0 Å². The zero-order valence-corrected chi connectivity index (χ0v) is 7.79. The number of rotatable bonds is 2. The van der Waals surface area contributed by atoms with E-state index in [0.717, 1.165) is 5.57 Å². The first-order valence-electron chi connectivity index (χ1n) is 4.11. The number of hydrogen-bond acceptors (Lipinski definition) is 2. The van der Waals surface area contributed by atoms with Crippen LogP contribution in [0, 0.1) is 5.82 Å². The first-order valence-corrected chi connectivity index (χ1v) is 4.11. The van der Waals surface area contributed by atoms with Gasteiger partial charge in [0.15, 0.2) is 0 Å². The molecule has 0 radical (unpaired) electrons. The highest BCUT2D eigenvalue weighted by Gasteiger charge is 2.03. The third-order valence-corrected chi connectivity index (χ3v) is 1.60. The standard InChI is InChI=1S/C10H13FN2/c1-7(2)5-9(12)10-4-3-8(11)6-13-10/h3-6,9H,12H2,1-2H3. The van der Waals surface area contributed by atoms with Gasteiger partial charge in [-0.1, -0.05) is 11.6 Å². The summed E-state index contributed by atoms with van der Waals surface area (Å²) in [4.78, 5) is 3.89. The highest BCUT2D eigenvalue weighted by atomic mass is 19.1. The number of allylic oxidation sites excluding steroid dienone is 1. The molecule has 2 N–H and O–H groups in total. The molecule has 1 atom stereocenters. The number of halogens is 1. The molecule has 0 aliphatic heterocycles. The summed E-state index contributed by atoms with van der Waals surface area (Å²) >= 11 is 0. The van der Waals surface area contributed by atoms with Crippen LogP contribution in [0.2, 0.25) is 0 Å². The van der Waals surface area contributed by atoms with E-state index in [1.165, 1.54) is 12.3 Å². The molecular formula is C10H13FN2. The molecule has 2 nitrogen and oxygen atoms in total. The Balaban J connectivity index is 2.83. The summed E-state index contributed by atoms with van der Waals surface area (Å²) < 4.78 is 12.5. The minimum absolute atomic E-state index is 0.245. The van der Waals surface area contributed by atoms with E-state index in [0.29, 0.717) is 5.69 Å². The minimum atomic E-state index is -0.340. The zero-order valence-electron chi connectivity index (χ0n) is 7.79. The van der Waals surface area contributed by atoms with Crippen LogP contribution in [-0.4, -0.2) is 4.98 Å². The van der Waals surface area contributed by atoms with Gasteiger partial charge in [0.2, 0.25) is 0 Å². The number of nitrogens with two attached hydrogens (primary N) is 1. The number of aromatic nitrogens is 1. The molecule has 0 saturated carbocycles. The molecule has 1 aromatic rings. The van der Waals surface area contributed by atoms with E-state index in [4.69, 9.17) is 5.73 Å². The van der Waals surface area contributed by atoms with Crippen LogP contribution in [0.4, 0.5) is 4.39 Å². The van der Waals surface area contributed by atoms with Gasteiger partial charge in [0.1, 0.15) is 5.82 Å². The molecule has 13 heavy (non-hydrogen) atoms. The molecule has 0 aliphatic carbocycles. The molecule has 1 heterocycles. The van der Waals surface area contributed by atoms with Crippen LogP contribution in [0.1, 0.15) is 25.6 Å². The van der Waals surface area contributed by atoms with Crippen molar-refractivity contribution in [1.82, 2.24) is 4.98 Å². The first-order chi connectivity index (χ1) is 6.09. The summed E-state index contributed by atoms with van der Waals surface area (Å²) in [6.07, 6.45) is 3.06. The summed E-state index contributed by atoms with van der Waals surface area (Å²) in [5.41, 5.74) is 7.59. The first kappa shape index (κ1) is 9.86. The largest absolute Gasteiger partial charge is 0.319 e. The predicted molar refractivity (Wildman–Crippen MR) is 50.6 cm³/mol. The third kappa shape index (κ3) is 2.95. The van der Waals surface area contributed by atoms with Gasteiger partial charge in [0, 0.05) is 0 Å². The van der Waals surface area contributed by atoms with Crippen LogP contribution < -0.4 is 5.73 Å². The normalized spacial score (nSPS) is 12.3. The van der Waals surface area contributed by atoms with E-state index >= 15 is 0 Å². The highest BCUT2D eigenvalue weighted by molar-refractivity contribution is 5.16. The Morgan fingerprint density at radius 3 is 2.69 bits per heavy atom. The maximum atomic E-state index is 12.5. The Bertz CT molecular complexity index is 299. The van der Waals surface area contributed by atoms with E-state index in [9.17, 15) is 4.39 Å². The van der Waals surface area contributed by atoms with Gasteiger partial charge in [0.05, 0.1) is 17.9 Å². The highest BCUT2D eigenvalue weighted by Crippen LogP contribution is 2.10. The van der Waals surface area contributed by atoms with Crippen molar-refractivity contribution in [3.63, 3.8) is 0 Å². The van der Waals surface area contributed by atoms with Crippen molar-refractivity contribution in [2.45, 2.75) is 19.9 Å². The van der Waals surface area contributed by atoms with Crippen LogP contribution >= 0.6 is 0 Å². The molecule has 0 fully saturated rings. The lowest BCUT2D eigenvalue weighted by atomic mass is 10.1. The number of nitrogens with zero attached hydrogens (tertiary/aromatic N) is 1. The van der Waals surface area contributed by atoms with Crippen LogP contribution in [0.3, 0.4) is 0 Å².